The van der Waals surface area contributed by atoms with Gasteiger partial charge < -0.3 is 10.1 Å². The maximum absolute atomic E-state index is 5.94. The highest BCUT2D eigenvalue weighted by atomic mass is 16.5. The second kappa shape index (κ2) is 8.10. The fourth-order valence-corrected chi connectivity index (χ4v) is 3.20. The van der Waals surface area contributed by atoms with Crippen molar-refractivity contribution in [1.29, 1.82) is 0 Å². The van der Waals surface area contributed by atoms with Crippen LogP contribution in [-0.4, -0.2) is 25.3 Å². The van der Waals surface area contributed by atoms with E-state index in [0.717, 1.165) is 19.2 Å². The van der Waals surface area contributed by atoms with Gasteiger partial charge in [0.2, 0.25) is 0 Å². The Balaban J connectivity index is 1.49. The minimum absolute atomic E-state index is 0.569. The van der Waals surface area contributed by atoms with Crippen molar-refractivity contribution < 1.29 is 4.74 Å². The van der Waals surface area contributed by atoms with Crippen LogP contribution in [0.5, 0.6) is 0 Å². The molecule has 0 aromatic rings. The summed E-state index contributed by atoms with van der Waals surface area (Å²) in [5.41, 5.74) is 0. The highest BCUT2D eigenvalue weighted by Crippen LogP contribution is 2.20. The van der Waals surface area contributed by atoms with Crippen LogP contribution in [0.2, 0.25) is 0 Å². The van der Waals surface area contributed by atoms with Crippen LogP contribution >= 0.6 is 0 Å². The molecule has 2 fully saturated rings. The molecular weight excluding hydrogens is 210 g/mol. The van der Waals surface area contributed by atoms with Crippen molar-refractivity contribution in [3.05, 3.63) is 0 Å². The molecule has 0 aromatic heterocycles. The molecule has 2 saturated carbocycles. The van der Waals surface area contributed by atoms with E-state index in [1.807, 2.05) is 0 Å². The zero-order chi connectivity index (χ0) is 11.8. The lowest BCUT2D eigenvalue weighted by molar-refractivity contribution is 0.0292. The lowest BCUT2D eigenvalue weighted by atomic mass is 9.98. The van der Waals surface area contributed by atoms with Crippen molar-refractivity contribution in [2.75, 3.05) is 13.2 Å². The van der Waals surface area contributed by atoms with E-state index in [0.29, 0.717) is 6.10 Å². The van der Waals surface area contributed by atoms with Crippen LogP contribution in [0.15, 0.2) is 0 Å². The molecule has 0 radical (unpaired) electrons. The minimum Gasteiger partial charge on any atom is -0.377 e. The van der Waals surface area contributed by atoms with E-state index in [1.165, 1.54) is 70.6 Å². The molecule has 17 heavy (non-hydrogen) atoms. The van der Waals surface area contributed by atoms with E-state index in [1.54, 1.807) is 0 Å². The molecule has 2 aliphatic carbocycles. The summed E-state index contributed by atoms with van der Waals surface area (Å²) in [6, 6.07) is 0.771. The van der Waals surface area contributed by atoms with Crippen LogP contribution < -0.4 is 5.32 Å². The maximum Gasteiger partial charge on any atom is 0.0594 e. The standard InChI is InChI=1S/C15H29NO/c1-2-5-9-14(8-4-1)16-12-13-17-15-10-6-3-7-11-15/h14-16H,1-13H2. The second-order valence-corrected chi connectivity index (χ2v) is 5.77. The molecule has 0 aliphatic heterocycles. The first kappa shape index (κ1) is 13.4. The van der Waals surface area contributed by atoms with Crippen LogP contribution in [0.3, 0.4) is 0 Å². The molecule has 0 amide bonds. The first-order valence-electron chi connectivity index (χ1n) is 7.80. The summed E-state index contributed by atoms with van der Waals surface area (Å²) in [5.74, 6) is 0. The molecule has 2 aliphatic rings. The van der Waals surface area contributed by atoms with Gasteiger partial charge in [0.1, 0.15) is 0 Å². The molecule has 0 aromatic carbocycles. The predicted octanol–water partition coefficient (Wildman–Crippen LogP) is 3.65. The molecule has 0 bridgehead atoms. The quantitative estimate of drug-likeness (QED) is 0.584. The van der Waals surface area contributed by atoms with E-state index < -0.39 is 0 Å². The number of ether oxygens (including phenoxy) is 1. The SMILES string of the molecule is C1CCCC(NCCOC2CCCCC2)CC1. The van der Waals surface area contributed by atoms with Crippen molar-refractivity contribution in [2.24, 2.45) is 0 Å². The Hall–Kier alpha value is -0.0800. The number of rotatable bonds is 5. The molecule has 2 nitrogen and oxygen atoms in total. The zero-order valence-corrected chi connectivity index (χ0v) is 11.3. The summed E-state index contributed by atoms with van der Waals surface area (Å²) in [6.45, 7) is 1.97. The maximum atomic E-state index is 5.94. The Morgan fingerprint density at radius 3 is 2.06 bits per heavy atom. The van der Waals surface area contributed by atoms with Crippen molar-refractivity contribution >= 4 is 0 Å². The summed E-state index contributed by atoms with van der Waals surface area (Å²) in [5, 5.41) is 3.68. The largest absolute Gasteiger partial charge is 0.377 e. The summed E-state index contributed by atoms with van der Waals surface area (Å²) >= 11 is 0. The zero-order valence-electron chi connectivity index (χ0n) is 11.3. The van der Waals surface area contributed by atoms with E-state index in [9.17, 15) is 0 Å². The van der Waals surface area contributed by atoms with Gasteiger partial charge in [0, 0.05) is 12.6 Å². The van der Waals surface area contributed by atoms with Gasteiger partial charge in [-0.1, -0.05) is 44.9 Å². The van der Waals surface area contributed by atoms with Crippen LogP contribution in [0.4, 0.5) is 0 Å². The monoisotopic (exact) mass is 239 g/mol. The fourth-order valence-electron chi connectivity index (χ4n) is 3.20. The minimum atomic E-state index is 0.569. The molecule has 2 rings (SSSR count). The average molecular weight is 239 g/mol. The summed E-state index contributed by atoms with van der Waals surface area (Å²) in [4.78, 5) is 0. The van der Waals surface area contributed by atoms with Gasteiger partial charge in [-0.05, 0) is 25.7 Å². The van der Waals surface area contributed by atoms with Crippen LogP contribution in [0, 0.1) is 0 Å². The molecule has 2 heteroatoms. The van der Waals surface area contributed by atoms with E-state index in [-0.39, 0.29) is 0 Å². The van der Waals surface area contributed by atoms with Crippen molar-refractivity contribution in [1.82, 2.24) is 5.32 Å². The van der Waals surface area contributed by atoms with Gasteiger partial charge in [0.15, 0.2) is 0 Å². The normalized spacial score (nSPS) is 24.7. The first-order chi connectivity index (χ1) is 8.45. The summed E-state index contributed by atoms with van der Waals surface area (Å²) in [6.07, 6.45) is 15.8. The number of nitrogens with one attached hydrogen (secondary N) is 1. The number of hydrogen-bond acceptors (Lipinski definition) is 2. The predicted molar refractivity (Wildman–Crippen MR) is 72.3 cm³/mol. The van der Waals surface area contributed by atoms with Gasteiger partial charge in [-0.3, -0.25) is 0 Å². The number of hydrogen-bond donors (Lipinski definition) is 1. The Bertz CT molecular complexity index is 181. The molecule has 0 heterocycles. The molecule has 0 spiro atoms. The van der Waals surface area contributed by atoms with Crippen molar-refractivity contribution in [3.63, 3.8) is 0 Å². The van der Waals surface area contributed by atoms with Crippen molar-refractivity contribution in [3.8, 4) is 0 Å². The van der Waals surface area contributed by atoms with Gasteiger partial charge in [-0.2, -0.15) is 0 Å². The molecule has 1 N–H and O–H groups in total. The molecule has 0 saturated heterocycles. The smallest absolute Gasteiger partial charge is 0.0594 e. The Morgan fingerprint density at radius 1 is 0.765 bits per heavy atom. The third-order valence-electron chi connectivity index (χ3n) is 4.30. The average Bonchev–Trinajstić information content (AvgIpc) is 2.65. The molecule has 0 unspecified atom stereocenters. The Labute approximate surface area is 107 Å². The van der Waals surface area contributed by atoms with Gasteiger partial charge in [-0.25, -0.2) is 0 Å². The van der Waals surface area contributed by atoms with Gasteiger partial charge in [-0.15, -0.1) is 0 Å². The third-order valence-corrected chi connectivity index (χ3v) is 4.30. The van der Waals surface area contributed by atoms with Crippen LogP contribution in [0.25, 0.3) is 0 Å². The topological polar surface area (TPSA) is 21.3 Å². The molecular formula is C15H29NO. The van der Waals surface area contributed by atoms with Crippen LogP contribution in [0.1, 0.15) is 70.6 Å². The third kappa shape index (κ3) is 5.39. The van der Waals surface area contributed by atoms with Crippen molar-refractivity contribution in [2.45, 2.75) is 82.8 Å². The Kier molecular flexibility index (Phi) is 6.36. The van der Waals surface area contributed by atoms with Gasteiger partial charge in [0.25, 0.3) is 0 Å². The van der Waals surface area contributed by atoms with E-state index in [4.69, 9.17) is 4.74 Å². The summed E-state index contributed by atoms with van der Waals surface area (Å²) in [7, 11) is 0. The lowest BCUT2D eigenvalue weighted by Gasteiger charge is -2.23. The first-order valence-corrected chi connectivity index (χ1v) is 7.80. The van der Waals surface area contributed by atoms with Crippen LogP contribution in [-0.2, 0) is 4.74 Å². The Morgan fingerprint density at radius 2 is 1.35 bits per heavy atom. The van der Waals surface area contributed by atoms with Gasteiger partial charge in [0.05, 0.1) is 12.7 Å². The highest BCUT2D eigenvalue weighted by Gasteiger charge is 2.14. The van der Waals surface area contributed by atoms with E-state index >= 15 is 0 Å². The highest BCUT2D eigenvalue weighted by molar-refractivity contribution is 4.71. The van der Waals surface area contributed by atoms with E-state index in [2.05, 4.69) is 5.32 Å². The second-order valence-electron chi connectivity index (χ2n) is 5.77. The lowest BCUT2D eigenvalue weighted by Crippen LogP contribution is -2.32. The summed E-state index contributed by atoms with van der Waals surface area (Å²) < 4.78 is 5.94. The molecule has 0 atom stereocenters. The molecule has 100 valence electrons. The fraction of sp³-hybridized carbons (Fsp3) is 1.00. The van der Waals surface area contributed by atoms with Gasteiger partial charge >= 0.3 is 0 Å².